The van der Waals surface area contributed by atoms with Gasteiger partial charge in [-0.15, -0.1) is 0 Å². The molecule has 0 heterocycles. The Morgan fingerprint density at radius 2 is 1.35 bits per heavy atom. The molecule has 23 heavy (non-hydrogen) atoms. The number of hydrogen-bond acceptors (Lipinski definition) is 3. The van der Waals surface area contributed by atoms with Crippen molar-refractivity contribution in [2.75, 3.05) is 19.4 Å². The normalized spacial score (nSPS) is 15.5. The number of aliphatic hydroxyl groups is 1. The quantitative estimate of drug-likeness (QED) is 0.278. The van der Waals surface area contributed by atoms with Crippen molar-refractivity contribution >= 4 is 7.68 Å². The second kappa shape index (κ2) is 15.6. The molecule has 0 spiro atoms. The molecule has 0 fully saturated rings. The zero-order chi connectivity index (χ0) is 17.4. The van der Waals surface area contributed by atoms with Crippen LogP contribution in [-0.2, 0) is 9.30 Å². The van der Waals surface area contributed by atoms with E-state index in [2.05, 4.69) is 6.92 Å². The van der Waals surface area contributed by atoms with Gasteiger partial charge in [-0.25, -0.2) is 0 Å². The predicted molar refractivity (Wildman–Crippen MR) is 93.7 cm³/mol. The van der Waals surface area contributed by atoms with E-state index in [0.29, 0.717) is 6.61 Å². The Morgan fingerprint density at radius 1 is 0.913 bits per heavy atom. The molecule has 4 nitrogen and oxygen atoms in total. The molecule has 0 bridgehead atoms. The van der Waals surface area contributed by atoms with Crippen molar-refractivity contribution < 1.29 is 23.5 Å². The van der Waals surface area contributed by atoms with Crippen molar-refractivity contribution in [3.05, 3.63) is 0 Å². The molecule has 0 rings (SSSR count). The van der Waals surface area contributed by atoms with E-state index >= 15 is 0 Å². The van der Waals surface area contributed by atoms with Crippen LogP contribution in [0.2, 0.25) is 0 Å². The molecule has 0 aliphatic heterocycles. The molecule has 2 unspecified atom stereocenters. The minimum atomic E-state index is -4.64. The average Bonchev–Trinajstić information content (AvgIpc) is 2.46. The van der Waals surface area contributed by atoms with Gasteiger partial charge in [-0.2, -0.15) is 4.20 Å². The molecule has 6 heteroatoms. The SMILES string of the molecule is CCCCCCCCCCCCCCOCC(O)CP(=O)(O)F. The summed E-state index contributed by atoms with van der Waals surface area (Å²) in [5.41, 5.74) is 0. The number of ether oxygens (including phenoxy) is 1. The van der Waals surface area contributed by atoms with Crippen LogP contribution in [0.15, 0.2) is 0 Å². The fraction of sp³-hybridized carbons (Fsp3) is 1.00. The fourth-order valence-corrected chi connectivity index (χ4v) is 3.20. The van der Waals surface area contributed by atoms with Crippen molar-refractivity contribution in [3.63, 3.8) is 0 Å². The second-order valence-electron chi connectivity index (χ2n) is 6.42. The monoisotopic (exact) mass is 354 g/mol. The second-order valence-corrected chi connectivity index (χ2v) is 8.01. The molecule has 0 radical (unpaired) electrons. The van der Waals surface area contributed by atoms with Crippen LogP contribution in [0.1, 0.15) is 84.0 Å². The van der Waals surface area contributed by atoms with Crippen LogP contribution in [0.25, 0.3) is 0 Å². The highest BCUT2D eigenvalue weighted by molar-refractivity contribution is 7.52. The molecule has 2 N–H and O–H groups in total. The van der Waals surface area contributed by atoms with Gasteiger partial charge in [-0.1, -0.05) is 77.6 Å². The summed E-state index contributed by atoms with van der Waals surface area (Å²) in [4.78, 5) is 8.48. The standard InChI is InChI=1S/C17H36FO4P/c1-2-3-4-5-6-7-8-9-10-11-12-13-14-22-15-17(19)16-23(18,20)21/h17,19H,2-16H2,1H3,(H,20,21). The van der Waals surface area contributed by atoms with Crippen LogP contribution >= 0.6 is 7.68 Å². The average molecular weight is 354 g/mol. The van der Waals surface area contributed by atoms with E-state index in [0.717, 1.165) is 12.8 Å². The number of unbranched alkanes of at least 4 members (excludes halogenated alkanes) is 11. The van der Waals surface area contributed by atoms with Gasteiger partial charge in [0.05, 0.1) is 18.9 Å². The van der Waals surface area contributed by atoms with Crippen LogP contribution in [0.4, 0.5) is 4.20 Å². The lowest BCUT2D eigenvalue weighted by atomic mass is 10.1. The Labute approximate surface area is 141 Å². The molecule has 2 atom stereocenters. The molecular weight excluding hydrogens is 318 g/mol. The van der Waals surface area contributed by atoms with Gasteiger partial charge in [0.1, 0.15) is 0 Å². The van der Waals surface area contributed by atoms with Gasteiger partial charge in [0, 0.05) is 6.61 Å². The third-order valence-corrected chi connectivity index (χ3v) is 4.76. The lowest BCUT2D eigenvalue weighted by Crippen LogP contribution is -2.19. The summed E-state index contributed by atoms with van der Waals surface area (Å²) in [7, 11) is -4.64. The first kappa shape index (κ1) is 23.0. The van der Waals surface area contributed by atoms with Crippen LogP contribution in [-0.4, -0.2) is 35.5 Å². The summed E-state index contributed by atoms with van der Waals surface area (Å²) >= 11 is 0. The van der Waals surface area contributed by atoms with Crippen LogP contribution in [0.5, 0.6) is 0 Å². The number of rotatable bonds is 17. The first-order valence-electron chi connectivity index (χ1n) is 9.23. The highest BCUT2D eigenvalue weighted by Crippen LogP contribution is 2.42. The van der Waals surface area contributed by atoms with Crippen LogP contribution in [0, 0.1) is 0 Å². The van der Waals surface area contributed by atoms with Gasteiger partial charge in [-0.3, -0.25) is 4.57 Å². The predicted octanol–water partition coefficient (Wildman–Crippen LogP) is 5.22. The minimum absolute atomic E-state index is 0.0769. The lowest BCUT2D eigenvalue weighted by molar-refractivity contribution is 0.0444. The number of halogens is 1. The molecule has 0 saturated heterocycles. The van der Waals surface area contributed by atoms with Gasteiger partial charge in [0.2, 0.25) is 0 Å². The fourth-order valence-electron chi connectivity index (χ4n) is 2.58. The summed E-state index contributed by atoms with van der Waals surface area (Å²) in [6.45, 7) is 2.67. The smallest absolute Gasteiger partial charge is 0.367 e. The molecule has 0 aromatic heterocycles. The molecule has 0 aliphatic rings. The third kappa shape index (κ3) is 20.0. The summed E-state index contributed by atoms with van der Waals surface area (Å²) in [6, 6.07) is 0. The van der Waals surface area contributed by atoms with E-state index in [1.165, 1.54) is 64.2 Å². The molecule has 0 aromatic carbocycles. The van der Waals surface area contributed by atoms with Crippen molar-refractivity contribution in [2.45, 2.75) is 90.1 Å². The van der Waals surface area contributed by atoms with Crippen LogP contribution < -0.4 is 0 Å². The molecule has 0 aliphatic carbocycles. The van der Waals surface area contributed by atoms with Crippen molar-refractivity contribution in [3.8, 4) is 0 Å². The zero-order valence-corrected chi connectivity index (χ0v) is 15.6. The maximum atomic E-state index is 12.4. The first-order valence-corrected chi connectivity index (χ1v) is 11.0. The molecule has 140 valence electrons. The largest absolute Gasteiger partial charge is 0.390 e. The zero-order valence-electron chi connectivity index (χ0n) is 14.7. The van der Waals surface area contributed by atoms with Gasteiger partial charge >= 0.3 is 7.68 Å². The van der Waals surface area contributed by atoms with E-state index in [-0.39, 0.29) is 6.61 Å². The molecule has 0 aromatic rings. The summed E-state index contributed by atoms with van der Waals surface area (Å²) in [5, 5.41) is 9.28. The van der Waals surface area contributed by atoms with Gasteiger partial charge in [0.15, 0.2) is 0 Å². The van der Waals surface area contributed by atoms with Gasteiger partial charge in [-0.05, 0) is 6.42 Å². The molecule has 0 saturated carbocycles. The Morgan fingerprint density at radius 3 is 1.78 bits per heavy atom. The molecule has 0 amide bonds. The van der Waals surface area contributed by atoms with Crippen LogP contribution in [0.3, 0.4) is 0 Å². The first-order chi connectivity index (χ1) is 11.0. The van der Waals surface area contributed by atoms with E-state index in [9.17, 15) is 13.9 Å². The summed E-state index contributed by atoms with van der Waals surface area (Å²) < 4.78 is 28.0. The van der Waals surface area contributed by atoms with E-state index in [1.807, 2.05) is 0 Å². The Balaban J connectivity index is 3.15. The van der Waals surface area contributed by atoms with E-state index in [1.54, 1.807) is 0 Å². The van der Waals surface area contributed by atoms with Crippen molar-refractivity contribution in [1.29, 1.82) is 0 Å². The summed E-state index contributed by atoms with van der Waals surface area (Å²) in [6.07, 6.45) is 13.3. The highest BCUT2D eigenvalue weighted by atomic mass is 31.2. The summed E-state index contributed by atoms with van der Waals surface area (Å²) in [5.74, 6) is 0. The van der Waals surface area contributed by atoms with E-state index < -0.39 is 19.9 Å². The number of aliphatic hydroxyl groups excluding tert-OH is 1. The lowest BCUT2D eigenvalue weighted by Gasteiger charge is -2.11. The van der Waals surface area contributed by atoms with E-state index in [4.69, 9.17) is 9.63 Å². The minimum Gasteiger partial charge on any atom is -0.390 e. The topological polar surface area (TPSA) is 66.8 Å². The highest BCUT2D eigenvalue weighted by Gasteiger charge is 2.21. The maximum absolute atomic E-state index is 12.4. The number of hydrogen-bond donors (Lipinski definition) is 2. The Kier molecular flexibility index (Phi) is 15.6. The Hall–Kier alpha value is 0.0400. The van der Waals surface area contributed by atoms with Crippen molar-refractivity contribution in [1.82, 2.24) is 0 Å². The molecular formula is C17H36FO4P. The van der Waals surface area contributed by atoms with Gasteiger partial charge < -0.3 is 14.7 Å². The third-order valence-electron chi connectivity index (χ3n) is 3.89. The maximum Gasteiger partial charge on any atom is 0.367 e. The van der Waals surface area contributed by atoms with Gasteiger partial charge in [0.25, 0.3) is 0 Å². The Bertz CT molecular complexity index is 296. The van der Waals surface area contributed by atoms with Crippen molar-refractivity contribution in [2.24, 2.45) is 0 Å².